The Kier molecular flexibility index (Phi) is 2.88. The molecule has 2 aliphatic heterocycles. The van der Waals surface area contributed by atoms with Crippen molar-refractivity contribution >= 4 is 21.9 Å². The lowest BCUT2D eigenvalue weighted by Gasteiger charge is -2.48. The lowest BCUT2D eigenvalue weighted by Crippen LogP contribution is -2.53. The molecule has 0 N–H and O–H groups in total. The monoisotopic (exact) mass is 388 g/mol. The number of hydrogen-bond acceptors (Lipinski definition) is 6. The number of ether oxygens (including phenoxy) is 2. The summed E-state index contributed by atoms with van der Waals surface area (Å²) in [5.74, 6) is 0.789. The Hall–Kier alpha value is -3.54. The maximum atomic E-state index is 12.9. The highest BCUT2D eigenvalue weighted by molar-refractivity contribution is 5.87. The molecule has 4 aromatic rings. The average Bonchev–Trinajstić information content (AvgIpc) is 2.66. The van der Waals surface area contributed by atoms with Crippen molar-refractivity contribution in [1.82, 2.24) is 0 Å². The Labute approximate surface area is 164 Å². The molecule has 0 amide bonds. The van der Waals surface area contributed by atoms with Crippen LogP contribution in [0.5, 0.6) is 11.5 Å². The Morgan fingerprint density at radius 2 is 1.10 bits per heavy atom. The van der Waals surface area contributed by atoms with Crippen molar-refractivity contribution in [2.24, 2.45) is 0 Å². The van der Waals surface area contributed by atoms with Gasteiger partial charge in [-0.2, -0.15) is 0 Å². The summed E-state index contributed by atoms with van der Waals surface area (Å²) < 4.78 is 23.9. The Bertz CT molecular complexity index is 1350. The molecule has 4 heterocycles. The zero-order valence-electron chi connectivity index (χ0n) is 15.8. The van der Waals surface area contributed by atoms with Crippen molar-refractivity contribution in [3.8, 4) is 11.5 Å². The molecule has 2 aliphatic rings. The van der Waals surface area contributed by atoms with Gasteiger partial charge in [0.2, 0.25) is 0 Å². The first kappa shape index (κ1) is 16.4. The van der Waals surface area contributed by atoms with Gasteiger partial charge in [0.1, 0.15) is 45.0 Å². The van der Waals surface area contributed by atoms with E-state index in [4.69, 9.17) is 18.3 Å². The van der Waals surface area contributed by atoms with Crippen LogP contribution in [0.25, 0.3) is 21.9 Å². The molecular formula is C23H16O6. The van der Waals surface area contributed by atoms with Crippen LogP contribution in [0.2, 0.25) is 0 Å². The largest absolute Gasteiger partial charge is 0.481 e. The normalized spacial score (nSPS) is 24.5. The zero-order chi connectivity index (χ0) is 20.0. The fraction of sp³-hybridized carbons (Fsp3) is 0.217. The molecule has 2 bridgehead atoms. The summed E-state index contributed by atoms with van der Waals surface area (Å²) >= 11 is 0. The molecule has 2 aromatic carbocycles. The summed E-state index contributed by atoms with van der Waals surface area (Å²) in [4.78, 5) is 25.8. The van der Waals surface area contributed by atoms with Crippen LogP contribution in [0.1, 0.15) is 31.4 Å². The fourth-order valence-corrected chi connectivity index (χ4v) is 4.81. The second kappa shape index (κ2) is 5.08. The van der Waals surface area contributed by atoms with E-state index in [1.807, 2.05) is 38.1 Å². The molecule has 2 aromatic heterocycles. The summed E-state index contributed by atoms with van der Waals surface area (Å²) in [6.45, 7) is 3.68. The molecule has 2 unspecified atom stereocenters. The van der Waals surface area contributed by atoms with Crippen LogP contribution in [-0.2, 0) is 11.2 Å². The third-order valence-corrected chi connectivity index (χ3v) is 5.92. The molecule has 0 spiro atoms. The summed E-state index contributed by atoms with van der Waals surface area (Å²) in [5.41, 5.74) is -1.53. The molecule has 2 atom stereocenters. The highest BCUT2D eigenvalue weighted by atomic mass is 16.5. The van der Waals surface area contributed by atoms with Gasteiger partial charge in [0.05, 0.1) is 10.8 Å². The minimum atomic E-state index is -1.02. The second-order valence-electron chi connectivity index (χ2n) is 8.02. The van der Waals surface area contributed by atoms with E-state index in [0.717, 1.165) is 0 Å². The van der Waals surface area contributed by atoms with Gasteiger partial charge in [0, 0.05) is 6.42 Å². The van der Waals surface area contributed by atoms with Gasteiger partial charge < -0.3 is 18.3 Å². The predicted octanol–water partition coefficient (Wildman–Crippen LogP) is 4.20. The third kappa shape index (κ3) is 2.00. The predicted molar refractivity (Wildman–Crippen MR) is 106 cm³/mol. The van der Waals surface area contributed by atoms with Crippen LogP contribution >= 0.6 is 0 Å². The summed E-state index contributed by atoms with van der Waals surface area (Å²) in [6.07, 6.45) is 0.284. The smallest absolute Gasteiger partial charge is 0.347 e. The van der Waals surface area contributed by atoms with Crippen molar-refractivity contribution in [2.75, 3.05) is 0 Å². The molecule has 0 saturated carbocycles. The van der Waals surface area contributed by atoms with Gasteiger partial charge in [-0.25, -0.2) is 9.59 Å². The van der Waals surface area contributed by atoms with Crippen LogP contribution in [0.3, 0.4) is 0 Å². The molecular weight excluding hydrogens is 372 g/mol. The van der Waals surface area contributed by atoms with Crippen molar-refractivity contribution in [3.05, 3.63) is 80.5 Å². The molecule has 0 fully saturated rings. The third-order valence-electron chi connectivity index (χ3n) is 5.92. The van der Waals surface area contributed by atoms with E-state index >= 15 is 0 Å². The molecule has 6 heteroatoms. The van der Waals surface area contributed by atoms with E-state index in [0.29, 0.717) is 44.6 Å². The Morgan fingerprint density at radius 3 is 1.55 bits per heavy atom. The highest BCUT2D eigenvalue weighted by Crippen LogP contribution is 2.56. The number of rotatable bonds is 0. The zero-order valence-corrected chi connectivity index (χ0v) is 15.8. The van der Waals surface area contributed by atoms with Crippen LogP contribution < -0.4 is 20.7 Å². The van der Waals surface area contributed by atoms with E-state index in [1.165, 1.54) is 0 Å². The molecule has 0 aliphatic carbocycles. The number of hydrogen-bond donors (Lipinski definition) is 0. The van der Waals surface area contributed by atoms with Crippen LogP contribution in [0, 0.1) is 0 Å². The van der Waals surface area contributed by atoms with Crippen molar-refractivity contribution in [1.29, 1.82) is 0 Å². The second-order valence-corrected chi connectivity index (χ2v) is 8.02. The number of fused-ring (bicyclic) bond motifs is 10. The van der Waals surface area contributed by atoms with Crippen LogP contribution in [0.4, 0.5) is 0 Å². The summed E-state index contributed by atoms with van der Waals surface area (Å²) in [5, 5.41) is 1.33. The molecule has 0 saturated heterocycles. The van der Waals surface area contributed by atoms with Gasteiger partial charge in [-0.3, -0.25) is 0 Å². The van der Waals surface area contributed by atoms with Gasteiger partial charge in [-0.1, -0.05) is 24.3 Å². The summed E-state index contributed by atoms with van der Waals surface area (Å²) in [6, 6.07) is 14.4. The summed E-state index contributed by atoms with van der Waals surface area (Å²) in [7, 11) is 0. The van der Waals surface area contributed by atoms with E-state index in [9.17, 15) is 9.59 Å². The van der Waals surface area contributed by atoms with Crippen molar-refractivity contribution in [3.63, 3.8) is 0 Å². The Morgan fingerprint density at radius 1 is 0.690 bits per heavy atom. The lowest BCUT2D eigenvalue weighted by atomic mass is 9.75. The standard InChI is InChI=1S/C23H16O6/c1-22-11-23(2,17-19(28-22)13-8-4-6-10-15(13)27-21(17)25)29-18-12-7-3-5-9-14(12)26-20(24)16(18)22/h3-10H,11H2,1-2H3. The number of para-hydroxylation sites is 2. The van der Waals surface area contributed by atoms with E-state index in [2.05, 4.69) is 0 Å². The quantitative estimate of drug-likeness (QED) is 0.420. The van der Waals surface area contributed by atoms with Gasteiger partial charge in [-0.15, -0.1) is 0 Å². The topological polar surface area (TPSA) is 78.9 Å². The molecule has 144 valence electrons. The first-order valence-electron chi connectivity index (χ1n) is 9.40. The molecule has 0 radical (unpaired) electrons. The van der Waals surface area contributed by atoms with E-state index < -0.39 is 22.5 Å². The minimum absolute atomic E-state index is 0.284. The van der Waals surface area contributed by atoms with Gasteiger partial charge >= 0.3 is 11.3 Å². The number of benzene rings is 2. The molecule has 29 heavy (non-hydrogen) atoms. The SMILES string of the molecule is CC12CC(C)(Oc3c1c(=O)oc1ccccc31)c1c(c3ccccc3oc1=O)O2. The van der Waals surface area contributed by atoms with Crippen molar-refractivity contribution in [2.45, 2.75) is 31.5 Å². The first-order chi connectivity index (χ1) is 13.9. The van der Waals surface area contributed by atoms with Gasteiger partial charge in [-0.05, 0) is 38.1 Å². The fourth-order valence-electron chi connectivity index (χ4n) is 4.81. The van der Waals surface area contributed by atoms with E-state index in [1.54, 1.807) is 24.3 Å². The van der Waals surface area contributed by atoms with Crippen molar-refractivity contribution < 1.29 is 18.3 Å². The molecule has 6 rings (SSSR count). The average molecular weight is 388 g/mol. The highest BCUT2D eigenvalue weighted by Gasteiger charge is 2.56. The van der Waals surface area contributed by atoms with Crippen LogP contribution in [0.15, 0.2) is 67.0 Å². The van der Waals surface area contributed by atoms with Gasteiger partial charge in [0.15, 0.2) is 0 Å². The lowest BCUT2D eigenvalue weighted by molar-refractivity contribution is -0.0755. The van der Waals surface area contributed by atoms with Crippen LogP contribution in [-0.4, -0.2) is 0 Å². The maximum Gasteiger partial charge on any atom is 0.347 e. The Balaban J connectivity index is 1.74. The minimum Gasteiger partial charge on any atom is -0.481 e. The maximum absolute atomic E-state index is 12.9. The van der Waals surface area contributed by atoms with E-state index in [-0.39, 0.29) is 6.42 Å². The van der Waals surface area contributed by atoms with Gasteiger partial charge in [0.25, 0.3) is 0 Å². The molecule has 6 nitrogen and oxygen atoms in total. The first-order valence-corrected chi connectivity index (χ1v) is 9.40.